The largest absolute Gasteiger partial charge is 0.508 e. The van der Waals surface area contributed by atoms with Crippen LogP contribution in [0.15, 0.2) is 89.9 Å². The van der Waals surface area contributed by atoms with Gasteiger partial charge in [0.05, 0.1) is 6.04 Å². The lowest BCUT2D eigenvalue weighted by molar-refractivity contribution is -0.136. The Bertz CT molecular complexity index is 2150. The van der Waals surface area contributed by atoms with Crippen LogP contribution in [0.25, 0.3) is 0 Å². The average molecular weight is 898 g/mol. The minimum atomic E-state index is -1.48. The molecule has 7 amide bonds. The minimum Gasteiger partial charge on any atom is -0.508 e. The number of benzene rings is 3. The number of nitrogens with two attached hydrogens (primary N) is 4. The van der Waals surface area contributed by atoms with E-state index in [4.69, 9.17) is 22.9 Å². The van der Waals surface area contributed by atoms with E-state index in [9.17, 15) is 38.7 Å². The monoisotopic (exact) mass is 897 g/mol. The van der Waals surface area contributed by atoms with E-state index >= 15 is 0 Å². The Morgan fingerprint density at radius 1 is 0.631 bits per heavy atom. The van der Waals surface area contributed by atoms with Crippen molar-refractivity contribution in [3.8, 4) is 5.75 Å². The molecule has 19 nitrogen and oxygen atoms in total. The molecule has 1 aliphatic rings. The molecule has 15 N–H and O–H groups in total. The Labute approximate surface area is 378 Å². The van der Waals surface area contributed by atoms with Crippen molar-refractivity contribution >= 4 is 47.3 Å². The molecule has 65 heavy (non-hydrogen) atoms. The maximum absolute atomic E-state index is 14.4. The highest BCUT2D eigenvalue weighted by atomic mass is 16.3. The van der Waals surface area contributed by atoms with Gasteiger partial charge in [0.2, 0.25) is 41.4 Å². The van der Waals surface area contributed by atoms with Gasteiger partial charge in [-0.1, -0.05) is 86.6 Å². The van der Waals surface area contributed by atoms with Crippen LogP contribution >= 0.6 is 0 Å². The van der Waals surface area contributed by atoms with E-state index in [2.05, 4.69) is 36.9 Å². The SMILES string of the molecule is CC(C)[C@H]1C[C@@]1(NC(=O)[C@H](Cc1ccccc1)NC(=O)[C@@H](C)NC(=O)[C@H](C)NC(=O)[C@@H](N)Cc1ccc(O)cc1)C(=O)N[C@@H](CCCN=C(N)N)C(=O)N[C@@H](Cc1ccccc1)C(N)=O. The number of aliphatic imine (C=N–C) groups is 1. The average Bonchev–Trinajstić information content (AvgIpc) is 4.01. The predicted octanol–water partition coefficient (Wildman–Crippen LogP) is -0.719. The first-order valence-corrected chi connectivity index (χ1v) is 21.6. The zero-order valence-corrected chi connectivity index (χ0v) is 37.2. The number of phenolic OH excluding ortho intramolecular Hbond substituents is 1. The highest BCUT2D eigenvalue weighted by Crippen LogP contribution is 2.49. The van der Waals surface area contributed by atoms with Crippen LogP contribution < -0.4 is 54.8 Å². The number of amides is 7. The molecule has 0 radical (unpaired) electrons. The van der Waals surface area contributed by atoms with Gasteiger partial charge in [-0.25, -0.2) is 0 Å². The molecular weight excluding hydrogens is 835 g/mol. The Morgan fingerprint density at radius 3 is 1.66 bits per heavy atom. The summed E-state index contributed by atoms with van der Waals surface area (Å²) >= 11 is 0. The highest BCUT2D eigenvalue weighted by molar-refractivity contribution is 6.00. The van der Waals surface area contributed by atoms with E-state index in [-0.39, 0.29) is 68.6 Å². The summed E-state index contributed by atoms with van der Waals surface area (Å²) in [5, 5.41) is 25.8. The lowest BCUT2D eigenvalue weighted by Crippen LogP contribution is -2.61. The van der Waals surface area contributed by atoms with E-state index in [1.165, 1.54) is 26.0 Å². The summed E-state index contributed by atoms with van der Waals surface area (Å²) in [5.41, 5.74) is 23.4. The van der Waals surface area contributed by atoms with Gasteiger partial charge >= 0.3 is 0 Å². The number of nitrogens with zero attached hydrogens (tertiary/aromatic N) is 1. The van der Waals surface area contributed by atoms with Gasteiger partial charge < -0.3 is 59.9 Å². The number of primary amides is 1. The van der Waals surface area contributed by atoms with Crippen molar-refractivity contribution in [2.75, 3.05) is 6.54 Å². The number of hydrogen-bond donors (Lipinski definition) is 11. The number of carbonyl (C=O) groups excluding carboxylic acids is 7. The molecule has 1 saturated carbocycles. The molecule has 0 spiro atoms. The maximum atomic E-state index is 14.4. The summed E-state index contributed by atoms with van der Waals surface area (Å²) in [4.78, 5) is 98.7. The fraction of sp³-hybridized carbons (Fsp3) is 0.435. The number of aromatic hydroxyl groups is 1. The van der Waals surface area contributed by atoms with Crippen molar-refractivity contribution in [2.24, 2.45) is 39.8 Å². The fourth-order valence-electron chi connectivity index (χ4n) is 7.39. The summed E-state index contributed by atoms with van der Waals surface area (Å²) in [5.74, 6) is -5.33. The predicted molar refractivity (Wildman–Crippen MR) is 244 cm³/mol. The van der Waals surface area contributed by atoms with Gasteiger partial charge in [0.1, 0.15) is 41.5 Å². The minimum absolute atomic E-state index is 0.0141. The second-order valence-corrected chi connectivity index (χ2v) is 16.8. The van der Waals surface area contributed by atoms with Crippen molar-refractivity contribution in [1.82, 2.24) is 31.9 Å². The second kappa shape index (κ2) is 23.6. The van der Waals surface area contributed by atoms with Crippen LogP contribution in [0.5, 0.6) is 5.75 Å². The third-order valence-electron chi connectivity index (χ3n) is 11.2. The van der Waals surface area contributed by atoms with Crippen LogP contribution in [-0.2, 0) is 52.8 Å². The fourth-order valence-corrected chi connectivity index (χ4v) is 7.39. The normalized spacial score (nSPS) is 18.0. The first-order valence-electron chi connectivity index (χ1n) is 21.6. The molecule has 19 heteroatoms. The Hall–Kier alpha value is -7.02. The van der Waals surface area contributed by atoms with Crippen molar-refractivity contribution in [3.63, 3.8) is 0 Å². The third-order valence-corrected chi connectivity index (χ3v) is 11.2. The molecule has 0 aliphatic heterocycles. The summed E-state index contributed by atoms with van der Waals surface area (Å²) in [6.07, 6.45) is 0.823. The van der Waals surface area contributed by atoms with Crippen LogP contribution in [0, 0.1) is 11.8 Å². The summed E-state index contributed by atoms with van der Waals surface area (Å²) in [6.45, 7) is 6.78. The van der Waals surface area contributed by atoms with Crippen molar-refractivity contribution < 1.29 is 38.7 Å². The number of guanidine groups is 1. The highest BCUT2D eigenvalue weighted by Gasteiger charge is 2.62. The van der Waals surface area contributed by atoms with E-state index in [0.29, 0.717) is 11.1 Å². The van der Waals surface area contributed by atoms with Crippen LogP contribution in [-0.4, -0.2) is 101 Å². The zero-order chi connectivity index (χ0) is 47.8. The van der Waals surface area contributed by atoms with E-state index in [1.807, 2.05) is 19.9 Å². The summed E-state index contributed by atoms with van der Waals surface area (Å²) < 4.78 is 0. The molecule has 1 aliphatic carbocycles. The Morgan fingerprint density at radius 2 is 1.14 bits per heavy atom. The lowest BCUT2D eigenvalue weighted by atomic mass is 10.00. The molecule has 8 atom stereocenters. The van der Waals surface area contributed by atoms with Crippen molar-refractivity contribution in [2.45, 2.75) is 108 Å². The molecule has 0 aromatic heterocycles. The van der Waals surface area contributed by atoms with Gasteiger partial charge in [-0.3, -0.25) is 38.6 Å². The zero-order valence-electron chi connectivity index (χ0n) is 37.2. The van der Waals surface area contributed by atoms with Crippen molar-refractivity contribution in [3.05, 3.63) is 102 Å². The molecule has 3 aromatic carbocycles. The molecule has 350 valence electrons. The van der Waals surface area contributed by atoms with Crippen LogP contribution in [0.3, 0.4) is 0 Å². The van der Waals surface area contributed by atoms with E-state index < -0.39 is 83.1 Å². The number of nitrogens with one attached hydrogen (secondary N) is 6. The smallest absolute Gasteiger partial charge is 0.246 e. The number of carbonyl (C=O) groups is 7. The first kappa shape index (κ1) is 50.6. The molecule has 1 fully saturated rings. The quantitative estimate of drug-likeness (QED) is 0.0303. The third kappa shape index (κ3) is 15.3. The Kier molecular flexibility index (Phi) is 18.4. The summed E-state index contributed by atoms with van der Waals surface area (Å²) in [6, 6.07) is 17.2. The van der Waals surface area contributed by atoms with Gasteiger partial charge in [-0.2, -0.15) is 0 Å². The molecule has 0 bridgehead atoms. The second-order valence-electron chi connectivity index (χ2n) is 16.8. The van der Waals surface area contributed by atoms with Gasteiger partial charge in [0.25, 0.3) is 0 Å². The van der Waals surface area contributed by atoms with Crippen LogP contribution in [0.4, 0.5) is 0 Å². The van der Waals surface area contributed by atoms with Gasteiger partial charge in [0, 0.05) is 19.4 Å². The van der Waals surface area contributed by atoms with Crippen LogP contribution in [0.2, 0.25) is 0 Å². The molecule has 0 saturated heterocycles. The molecule has 4 rings (SSSR count). The van der Waals surface area contributed by atoms with Gasteiger partial charge in [-0.15, -0.1) is 0 Å². The van der Waals surface area contributed by atoms with Crippen LogP contribution in [0.1, 0.15) is 63.6 Å². The topological polar surface area (TPSA) is 328 Å². The molecular formula is C46H63N11O8. The molecule has 3 aromatic rings. The number of hydrogen-bond acceptors (Lipinski definition) is 10. The van der Waals surface area contributed by atoms with E-state index in [0.717, 1.165) is 5.56 Å². The first-order chi connectivity index (χ1) is 30.8. The number of rotatable bonds is 24. The lowest BCUT2D eigenvalue weighted by Gasteiger charge is -2.28. The van der Waals surface area contributed by atoms with Gasteiger partial charge in [0.15, 0.2) is 5.96 Å². The molecule has 0 unspecified atom stereocenters. The summed E-state index contributed by atoms with van der Waals surface area (Å²) in [7, 11) is 0. The van der Waals surface area contributed by atoms with E-state index in [1.54, 1.807) is 66.7 Å². The van der Waals surface area contributed by atoms with Gasteiger partial charge in [-0.05, 0) is 80.2 Å². The van der Waals surface area contributed by atoms with Crippen molar-refractivity contribution in [1.29, 1.82) is 0 Å². The Balaban J connectivity index is 1.48. The number of phenols is 1. The molecule has 0 heterocycles. The standard InChI is InChI=1S/C46H63N11O8/c1-26(2)33-25-46(33,44(65)56-35(16-11-21-51-45(49)50)42(63)54-36(38(48)59)23-29-12-7-5-8-13-29)57-43(64)37(24-30-14-9-6-10-15-30)55-40(61)28(4)52-39(60)27(3)53-41(62)34(47)22-31-17-19-32(58)20-18-31/h5-10,12-15,17-20,26-28,33-37,58H,11,16,21-25,47H2,1-4H3,(H2,48,59)(H,52,60)(H,53,62)(H,54,63)(H,55,61)(H,56,65)(H,57,64)(H4,49,50,51)/t27-,28+,33+,34-,35-,36-,37-,46-/m0/s1. The maximum Gasteiger partial charge on any atom is 0.246 e.